The molecule has 0 amide bonds. The summed E-state index contributed by atoms with van der Waals surface area (Å²) >= 11 is 0. The van der Waals surface area contributed by atoms with Gasteiger partial charge in [0.2, 0.25) is 0 Å². The second-order valence-corrected chi connectivity index (χ2v) is 9.32. The first-order chi connectivity index (χ1) is 14.3. The van der Waals surface area contributed by atoms with Crippen LogP contribution in [0.5, 0.6) is 0 Å². The maximum absolute atomic E-state index is 3.70. The number of unbranched alkanes of at least 4 members (excludes halogenated alkanes) is 15. The lowest BCUT2D eigenvalue weighted by Crippen LogP contribution is -1.97. The number of hydrogen-bond donors (Lipinski definition) is 1. The second kappa shape index (κ2) is 19.3. The molecule has 0 aliphatic heterocycles. The van der Waals surface area contributed by atoms with Gasteiger partial charge in [0.1, 0.15) is 0 Å². The van der Waals surface area contributed by atoms with Crippen LogP contribution in [0.25, 0.3) is 0 Å². The van der Waals surface area contributed by atoms with E-state index in [2.05, 4.69) is 32.0 Å². The molecule has 1 N–H and O–H groups in total. The normalized spacial score (nSPS) is 11.4. The molecule has 1 aromatic rings. The summed E-state index contributed by atoms with van der Waals surface area (Å²) in [7, 11) is 0. The van der Waals surface area contributed by atoms with Gasteiger partial charge in [0.25, 0.3) is 0 Å². The van der Waals surface area contributed by atoms with E-state index in [1.807, 2.05) is 0 Å². The Morgan fingerprint density at radius 2 is 0.897 bits per heavy atom. The van der Waals surface area contributed by atoms with Crippen molar-refractivity contribution < 1.29 is 0 Å². The minimum Gasteiger partial charge on any atom is -0.364 e. The standard InChI is InChI=1S/C28H53N/c1-4-7-10-13-16-19-22-26-25-29-28(24-21-18-15-12-9-6-3)27(26)23-20-17-14-11-8-5-2/h25,29H,4-24H2,1-3H3. The highest BCUT2D eigenvalue weighted by Gasteiger charge is 2.11. The summed E-state index contributed by atoms with van der Waals surface area (Å²) in [5, 5.41) is 0. The van der Waals surface area contributed by atoms with Gasteiger partial charge in [-0.2, -0.15) is 0 Å². The van der Waals surface area contributed by atoms with Crippen molar-refractivity contribution >= 4 is 0 Å². The van der Waals surface area contributed by atoms with Gasteiger partial charge in [0.05, 0.1) is 0 Å². The first-order valence-corrected chi connectivity index (χ1v) is 13.5. The van der Waals surface area contributed by atoms with Crippen molar-refractivity contribution in [3.05, 3.63) is 23.0 Å². The van der Waals surface area contributed by atoms with Gasteiger partial charge in [0, 0.05) is 11.9 Å². The van der Waals surface area contributed by atoms with Crippen LogP contribution in [0.4, 0.5) is 0 Å². The molecule has 1 aromatic heterocycles. The molecule has 0 saturated heterocycles. The zero-order valence-electron chi connectivity index (χ0n) is 20.4. The van der Waals surface area contributed by atoms with Crippen LogP contribution in [-0.2, 0) is 19.3 Å². The van der Waals surface area contributed by atoms with Gasteiger partial charge < -0.3 is 4.98 Å². The highest BCUT2D eigenvalue weighted by Crippen LogP contribution is 2.23. The third-order valence-electron chi connectivity index (χ3n) is 6.53. The zero-order valence-corrected chi connectivity index (χ0v) is 20.4. The van der Waals surface area contributed by atoms with Crippen molar-refractivity contribution in [1.29, 1.82) is 0 Å². The molecule has 0 atom stereocenters. The Kier molecular flexibility index (Phi) is 17.5. The van der Waals surface area contributed by atoms with Gasteiger partial charge in [0.15, 0.2) is 0 Å². The molecule has 0 fully saturated rings. The van der Waals surface area contributed by atoms with Crippen molar-refractivity contribution in [2.45, 2.75) is 156 Å². The molecule has 1 heterocycles. The van der Waals surface area contributed by atoms with Crippen LogP contribution in [0.2, 0.25) is 0 Å². The van der Waals surface area contributed by atoms with Crippen molar-refractivity contribution in [2.24, 2.45) is 0 Å². The van der Waals surface area contributed by atoms with E-state index in [0.717, 1.165) is 0 Å². The molecule has 1 nitrogen and oxygen atoms in total. The van der Waals surface area contributed by atoms with Crippen LogP contribution < -0.4 is 0 Å². The van der Waals surface area contributed by atoms with E-state index in [9.17, 15) is 0 Å². The number of aryl methyl sites for hydroxylation is 2. The van der Waals surface area contributed by atoms with Gasteiger partial charge in [-0.3, -0.25) is 0 Å². The number of H-pyrrole nitrogens is 1. The fourth-order valence-corrected chi connectivity index (χ4v) is 4.56. The summed E-state index contributed by atoms with van der Waals surface area (Å²) in [4.78, 5) is 3.70. The van der Waals surface area contributed by atoms with E-state index in [4.69, 9.17) is 0 Å². The average Bonchev–Trinajstić information content (AvgIpc) is 3.11. The van der Waals surface area contributed by atoms with Crippen LogP contribution in [-0.4, -0.2) is 4.98 Å². The predicted molar refractivity (Wildman–Crippen MR) is 132 cm³/mol. The highest BCUT2D eigenvalue weighted by atomic mass is 14.7. The monoisotopic (exact) mass is 403 g/mol. The third kappa shape index (κ3) is 13.2. The molecule has 0 saturated carbocycles. The van der Waals surface area contributed by atoms with Crippen LogP contribution in [0.3, 0.4) is 0 Å². The van der Waals surface area contributed by atoms with Crippen molar-refractivity contribution in [3.8, 4) is 0 Å². The van der Waals surface area contributed by atoms with E-state index >= 15 is 0 Å². The molecule has 29 heavy (non-hydrogen) atoms. The van der Waals surface area contributed by atoms with Gasteiger partial charge in [-0.1, -0.05) is 117 Å². The zero-order chi connectivity index (χ0) is 21.0. The quantitative estimate of drug-likeness (QED) is 0.197. The Hall–Kier alpha value is -0.720. The van der Waals surface area contributed by atoms with Gasteiger partial charge >= 0.3 is 0 Å². The molecule has 1 rings (SSSR count). The molecule has 0 spiro atoms. The van der Waals surface area contributed by atoms with E-state index in [1.165, 1.54) is 135 Å². The number of aromatic amines is 1. The molecule has 0 unspecified atom stereocenters. The summed E-state index contributed by atoms with van der Waals surface area (Å²) in [5.74, 6) is 0. The lowest BCUT2D eigenvalue weighted by molar-refractivity contribution is 0.594. The van der Waals surface area contributed by atoms with Crippen LogP contribution in [0.1, 0.15) is 153 Å². The summed E-state index contributed by atoms with van der Waals surface area (Å²) in [6.07, 6.45) is 31.4. The van der Waals surface area contributed by atoms with E-state index in [-0.39, 0.29) is 0 Å². The van der Waals surface area contributed by atoms with Crippen molar-refractivity contribution in [2.75, 3.05) is 0 Å². The Morgan fingerprint density at radius 3 is 1.41 bits per heavy atom. The van der Waals surface area contributed by atoms with Crippen molar-refractivity contribution in [3.63, 3.8) is 0 Å². The summed E-state index contributed by atoms with van der Waals surface area (Å²) in [6.45, 7) is 6.92. The smallest absolute Gasteiger partial charge is 0.0182 e. The predicted octanol–water partition coefficient (Wildman–Crippen LogP) is 9.72. The van der Waals surface area contributed by atoms with Gasteiger partial charge in [-0.15, -0.1) is 0 Å². The minimum absolute atomic E-state index is 1.27. The molecule has 170 valence electrons. The average molecular weight is 404 g/mol. The topological polar surface area (TPSA) is 15.8 Å². The van der Waals surface area contributed by atoms with E-state index in [0.29, 0.717) is 0 Å². The molecular formula is C28H53N. The Morgan fingerprint density at radius 1 is 0.483 bits per heavy atom. The molecule has 0 aliphatic carbocycles. The van der Waals surface area contributed by atoms with Crippen LogP contribution in [0, 0.1) is 0 Å². The minimum atomic E-state index is 1.27. The van der Waals surface area contributed by atoms with E-state index in [1.54, 1.807) is 16.8 Å². The first-order valence-electron chi connectivity index (χ1n) is 13.5. The highest BCUT2D eigenvalue weighted by molar-refractivity contribution is 5.31. The molecule has 1 heteroatoms. The number of aromatic nitrogens is 1. The number of rotatable bonds is 21. The maximum atomic E-state index is 3.70. The second-order valence-electron chi connectivity index (χ2n) is 9.32. The molecule has 0 aromatic carbocycles. The molecular weight excluding hydrogens is 350 g/mol. The summed E-state index contributed by atoms with van der Waals surface area (Å²) in [5.41, 5.74) is 4.94. The summed E-state index contributed by atoms with van der Waals surface area (Å²) in [6, 6.07) is 0. The van der Waals surface area contributed by atoms with Gasteiger partial charge in [-0.25, -0.2) is 0 Å². The Bertz CT molecular complexity index is 425. The third-order valence-corrected chi connectivity index (χ3v) is 6.53. The lowest BCUT2D eigenvalue weighted by atomic mass is 9.96. The van der Waals surface area contributed by atoms with Crippen LogP contribution >= 0.6 is 0 Å². The Labute approximate surface area is 183 Å². The number of hydrogen-bond acceptors (Lipinski definition) is 0. The first kappa shape index (κ1) is 26.3. The maximum Gasteiger partial charge on any atom is 0.0182 e. The Balaban J connectivity index is 2.44. The molecule has 0 aliphatic rings. The SMILES string of the molecule is CCCCCCCCc1c[nH]c(CCCCCCCC)c1CCCCCCCC. The van der Waals surface area contributed by atoms with Crippen molar-refractivity contribution in [1.82, 2.24) is 4.98 Å². The lowest BCUT2D eigenvalue weighted by Gasteiger charge is -2.09. The fraction of sp³-hybridized carbons (Fsp3) is 0.857. The summed E-state index contributed by atoms with van der Waals surface area (Å²) < 4.78 is 0. The molecule has 0 radical (unpaired) electrons. The fourth-order valence-electron chi connectivity index (χ4n) is 4.56. The largest absolute Gasteiger partial charge is 0.364 e. The molecule has 0 bridgehead atoms. The van der Waals surface area contributed by atoms with E-state index < -0.39 is 0 Å². The van der Waals surface area contributed by atoms with Gasteiger partial charge in [-0.05, 0) is 49.7 Å². The van der Waals surface area contributed by atoms with Crippen LogP contribution in [0.15, 0.2) is 6.20 Å². The number of nitrogens with one attached hydrogen (secondary N) is 1.